The normalized spacial score (nSPS) is 21.7. The van der Waals surface area contributed by atoms with Crippen LogP contribution in [0.5, 0.6) is 0 Å². The van der Waals surface area contributed by atoms with E-state index >= 15 is 0 Å². The number of nitrogens with two attached hydrogens (primary N) is 1. The summed E-state index contributed by atoms with van der Waals surface area (Å²) in [6.45, 7) is 0.513. The first-order valence-corrected chi connectivity index (χ1v) is 5.64. The Balaban J connectivity index is 2.11. The highest BCUT2D eigenvalue weighted by atomic mass is 32.2. The number of hydrogen-bond donors (Lipinski definition) is 2. The zero-order valence-corrected chi connectivity index (χ0v) is 9.21. The third kappa shape index (κ3) is 3.96. The summed E-state index contributed by atoms with van der Waals surface area (Å²) in [6.07, 6.45) is -0.523. The van der Waals surface area contributed by atoms with E-state index in [1.54, 1.807) is 0 Å². The fourth-order valence-corrected chi connectivity index (χ4v) is 2.05. The Bertz CT molecular complexity index is 249. The number of cyclic esters (lactones) is 1. The van der Waals surface area contributed by atoms with Gasteiger partial charge in [0.2, 0.25) is 0 Å². The molecule has 86 valence electrons. The molecule has 1 fully saturated rings. The number of methoxy groups -OCH3 is 1. The van der Waals surface area contributed by atoms with Crippen molar-refractivity contribution in [2.24, 2.45) is 5.73 Å². The lowest BCUT2D eigenvalue weighted by molar-refractivity contribution is -0.141. The molecule has 1 rings (SSSR count). The third-order valence-corrected chi connectivity index (χ3v) is 3.06. The van der Waals surface area contributed by atoms with Gasteiger partial charge in [0.25, 0.3) is 0 Å². The van der Waals surface area contributed by atoms with Crippen molar-refractivity contribution in [3.8, 4) is 0 Å². The lowest BCUT2D eigenvalue weighted by atomic mass is 10.4. The summed E-state index contributed by atoms with van der Waals surface area (Å²) in [5.74, 6) is 0.661. The van der Waals surface area contributed by atoms with Crippen LogP contribution in [0.2, 0.25) is 0 Å². The van der Waals surface area contributed by atoms with Gasteiger partial charge < -0.3 is 20.5 Å². The molecule has 1 heterocycles. The van der Waals surface area contributed by atoms with Crippen molar-refractivity contribution in [1.82, 2.24) is 5.32 Å². The first-order valence-electron chi connectivity index (χ1n) is 4.49. The highest BCUT2D eigenvalue weighted by Crippen LogP contribution is 2.10. The standard InChI is InChI=1S/C8H14N2O4S/c1-13-7(11)6(9)4-15-3-5-2-10-8(12)14-5/h5-6H,2-4,9H2,1H3,(H,10,12). The largest absolute Gasteiger partial charge is 0.468 e. The minimum Gasteiger partial charge on any atom is -0.468 e. The van der Waals surface area contributed by atoms with E-state index in [4.69, 9.17) is 10.5 Å². The number of carbonyl (C=O) groups is 2. The summed E-state index contributed by atoms with van der Waals surface area (Å²) >= 11 is 1.46. The summed E-state index contributed by atoms with van der Waals surface area (Å²) in [7, 11) is 1.30. The van der Waals surface area contributed by atoms with Crippen molar-refractivity contribution in [1.29, 1.82) is 0 Å². The van der Waals surface area contributed by atoms with E-state index in [0.29, 0.717) is 18.1 Å². The van der Waals surface area contributed by atoms with Gasteiger partial charge in [0.1, 0.15) is 12.1 Å². The van der Waals surface area contributed by atoms with Crippen molar-refractivity contribution in [2.45, 2.75) is 12.1 Å². The Labute approximate surface area is 91.9 Å². The van der Waals surface area contributed by atoms with Crippen LogP contribution < -0.4 is 11.1 Å². The van der Waals surface area contributed by atoms with Crippen LogP contribution >= 0.6 is 11.8 Å². The molecule has 1 saturated heterocycles. The predicted molar refractivity (Wildman–Crippen MR) is 55.6 cm³/mol. The SMILES string of the molecule is COC(=O)C(N)CSCC1CNC(=O)O1. The number of rotatable bonds is 5. The highest BCUT2D eigenvalue weighted by Gasteiger charge is 2.23. The number of nitrogens with one attached hydrogen (secondary N) is 1. The number of alkyl carbamates (subject to hydrolysis) is 1. The minimum atomic E-state index is -0.620. The number of amides is 1. The molecule has 0 radical (unpaired) electrons. The van der Waals surface area contributed by atoms with E-state index in [-0.39, 0.29) is 6.10 Å². The smallest absolute Gasteiger partial charge is 0.407 e. The molecule has 7 heteroatoms. The summed E-state index contributed by atoms with van der Waals surface area (Å²) in [6, 6.07) is -0.620. The molecule has 2 unspecified atom stereocenters. The Morgan fingerprint density at radius 3 is 3.13 bits per heavy atom. The van der Waals surface area contributed by atoms with Gasteiger partial charge in [-0.3, -0.25) is 4.79 Å². The van der Waals surface area contributed by atoms with Crippen molar-refractivity contribution < 1.29 is 19.1 Å². The quantitative estimate of drug-likeness (QED) is 0.613. The zero-order valence-electron chi connectivity index (χ0n) is 8.39. The molecule has 1 aliphatic rings. The first-order chi connectivity index (χ1) is 7.13. The van der Waals surface area contributed by atoms with Gasteiger partial charge in [-0.25, -0.2) is 4.79 Å². The molecule has 0 spiro atoms. The summed E-state index contributed by atoms with van der Waals surface area (Å²) < 4.78 is 9.38. The Morgan fingerprint density at radius 1 is 1.87 bits per heavy atom. The van der Waals surface area contributed by atoms with Crippen LogP contribution in [0.15, 0.2) is 0 Å². The van der Waals surface area contributed by atoms with E-state index in [9.17, 15) is 9.59 Å². The fraction of sp³-hybridized carbons (Fsp3) is 0.750. The minimum absolute atomic E-state index is 0.132. The molecule has 0 bridgehead atoms. The van der Waals surface area contributed by atoms with Gasteiger partial charge in [-0.2, -0.15) is 11.8 Å². The predicted octanol–water partition coefficient (Wildman–Crippen LogP) is -0.672. The van der Waals surface area contributed by atoms with Crippen LogP contribution in [0, 0.1) is 0 Å². The molecular weight excluding hydrogens is 220 g/mol. The van der Waals surface area contributed by atoms with Gasteiger partial charge in [0, 0.05) is 11.5 Å². The fourth-order valence-electron chi connectivity index (χ4n) is 1.07. The molecular formula is C8H14N2O4S. The van der Waals surface area contributed by atoms with Crippen LogP contribution in [-0.4, -0.2) is 49.4 Å². The van der Waals surface area contributed by atoms with Crippen molar-refractivity contribution >= 4 is 23.8 Å². The molecule has 0 aromatic rings. The monoisotopic (exact) mass is 234 g/mol. The Kier molecular flexibility index (Phi) is 4.70. The highest BCUT2D eigenvalue weighted by molar-refractivity contribution is 7.99. The van der Waals surface area contributed by atoms with Gasteiger partial charge in [0.15, 0.2) is 0 Å². The topological polar surface area (TPSA) is 90.6 Å². The Morgan fingerprint density at radius 2 is 2.60 bits per heavy atom. The zero-order chi connectivity index (χ0) is 11.3. The molecule has 3 N–H and O–H groups in total. The first kappa shape index (κ1) is 12.1. The van der Waals surface area contributed by atoms with E-state index in [1.165, 1.54) is 18.9 Å². The average molecular weight is 234 g/mol. The summed E-state index contributed by atoms with van der Waals surface area (Å²) in [5.41, 5.74) is 5.52. The van der Waals surface area contributed by atoms with E-state index in [0.717, 1.165) is 0 Å². The second-order valence-corrected chi connectivity index (χ2v) is 4.15. The lowest BCUT2D eigenvalue weighted by Gasteiger charge is -2.10. The van der Waals surface area contributed by atoms with Crippen LogP contribution in [0.4, 0.5) is 4.79 Å². The number of ether oxygens (including phenoxy) is 2. The number of hydrogen-bond acceptors (Lipinski definition) is 6. The second-order valence-electron chi connectivity index (χ2n) is 3.08. The average Bonchev–Trinajstić information content (AvgIpc) is 2.63. The Hall–Kier alpha value is -0.950. The molecule has 0 aromatic carbocycles. The van der Waals surface area contributed by atoms with Crippen molar-refractivity contribution in [3.63, 3.8) is 0 Å². The van der Waals surface area contributed by atoms with Gasteiger partial charge >= 0.3 is 12.1 Å². The number of thioether (sulfide) groups is 1. The van der Waals surface area contributed by atoms with E-state index in [1.807, 2.05) is 0 Å². The molecule has 15 heavy (non-hydrogen) atoms. The molecule has 0 aliphatic carbocycles. The van der Waals surface area contributed by atoms with Gasteiger partial charge in [0.05, 0.1) is 13.7 Å². The molecule has 6 nitrogen and oxygen atoms in total. The van der Waals surface area contributed by atoms with E-state index in [2.05, 4.69) is 10.1 Å². The number of esters is 1. The van der Waals surface area contributed by atoms with E-state index < -0.39 is 18.1 Å². The summed E-state index contributed by atoms with van der Waals surface area (Å²) in [4.78, 5) is 21.6. The molecule has 1 aliphatic heterocycles. The van der Waals surface area contributed by atoms with Crippen LogP contribution in [0.1, 0.15) is 0 Å². The third-order valence-electron chi connectivity index (χ3n) is 1.85. The molecule has 2 atom stereocenters. The maximum absolute atomic E-state index is 10.9. The van der Waals surface area contributed by atoms with Crippen molar-refractivity contribution in [2.75, 3.05) is 25.2 Å². The second kappa shape index (κ2) is 5.82. The van der Waals surface area contributed by atoms with Crippen LogP contribution in [0.3, 0.4) is 0 Å². The van der Waals surface area contributed by atoms with Gasteiger partial charge in [-0.15, -0.1) is 0 Å². The number of carbonyl (C=O) groups excluding carboxylic acids is 2. The van der Waals surface area contributed by atoms with Crippen LogP contribution in [-0.2, 0) is 14.3 Å². The van der Waals surface area contributed by atoms with Crippen LogP contribution in [0.25, 0.3) is 0 Å². The van der Waals surface area contributed by atoms with Gasteiger partial charge in [-0.05, 0) is 0 Å². The molecule has 1 amide bonds. The van der Waals surface area contributed by atoms with Gasteiger partial charge in [-0.1, -0.05) is 0 Å². The maximum atomic E-state index is 10.9. The summed E-state index contributed by atoms with van der Waals surface area (Å²) in [5, 5.41) is 2.54. The lowest BCUT2D eigenvalue weighted by Crippen LogP contribution is -2.34. The molecule has 0 aromatic heterocycles. The molecule has 0 saturated carbocycles. The maximum Gasteiger partial charge on any atom is 0.407 e. The van der Waals surface area contributed by atoms with Crippen molar-refractivity contribution in [3.05, 3.63) is 0 Å².